The number of anilines is 1. The Morgan fingerprint density at radius 2 is 1.65 bits per heavy atom. The molecule has 1 N–H and O–H groups in total. The Hall–Kier alpha value is -3.71. The number of hydrogen-bond acceptors (Lipinski definition) is 5. The van der Waals surface area contributed by atoms with Crippen molar-refractivity contribution in [1.29, 1.82) is 0 Å². The Morgan fingerprint density at radius 1 is 0.968 bits per heavy atom. The van der Waals surface area contributed by atoms with Gasteiger partial charge in [-0.2, -0.15) is 0 Å². The van der Waals surface area contributed by atoms with Crippen LogP contribution in [0.4, 0.5) is 5.69 Å². The van der Waals surface area contributed by atoms with Crippen LogP contribution in [-0.2, 0) is 4.79 Å². The average molecular weight is 476 g/mol. The van der Waals surface area contributed by atoms with E-state index in [1.54, 1.807) is 25.3 Å². The molecule has 0 unspecified atom stereocenters. The first-order valence-corrected chi connectivity index (χ1v) is 10.2. The number of nitrogens with one attached hydrogen (secondary N) is 1. The van der Waals surface area contributed by atoms with Crippen molar-refractivity contribution in [2.24, 2.45) is 0 Å². The third kappa shape index (κ3) is 5.07. The molecule has 0 spiro atoms. The molecule has 0 aliphatic rings. The second-order valence-corrected chi connectivity index (χ2v) is 7.48. The van der Waals surface area contributed by atoms with E-state index in [0.29, 0.717) is 23.2 Å². The number of aromatic nitrogens is 2. The van der Waals surface area contributed by atoms with E-state index in [1.807, 2.05) is 60.7 Å². The van der Waals surface area contributed by atoms with Gasteiger partial charge in [-0.15, -0.1) is 10.2 Å². The molecule has 0 bridgehead atoms. The van der Waals surface area contributed by atoms with Gasteiger partial charge < -0.3 is 14.5 Å². The maximum absolute atomic E-state index is 12.3. The van der Waals surface area contributed by atoms with Gasteiger partial charge in [0, 0.05) is 32.9 Å². The fourth-order valence-corrected chi connectivity index (χ4v) is 3.30. The molecule has 1 amide bonds. The maximum Gasteiger partial charge on any atom is 0.248 e. The second-order valence-electron chi connectivity index (χ2n) is 6.56. The SMILES string of the molecule is COc1ccc(Br)cc1/C=C/C(=O)Nc1ccc(-c2nnc(-c3ccccc3)o2)cc1. The first-order valence-electron chi connectivity index (χ1n) is 9.44. The molecular formula is C24H18BrN3O3. The summed E-state index contributed by atoms with van der Waals surface area (Å²) < 4.78 is 12.0. The van der Waals surface area contributed by atoms with Crippen LogP contribution in [0.25, 0.3) is 29.0 Å². The van der Waals surface area contributed by atoms with Crippen LogP contribution in [0.15, 0.2) is 87.8 Å². The highest BCUT2D eigenvalue weighted by molar-refractivity contribution is 9.10. The highest BCUT2D eigenvalue weighted by Gasteiger charge is 2.10. The molecule has 6 nitrogen and oxygen atoms in total. The average Bonchev–Trinajstić information content (AvgIpc) is 3.29. The lowest BCUT2D eigenvalue weighted by molar-refractivity contribution is -0.111. The third-order valence-corrected chi connectivity index (χ3v) is 4.94. The minimum absolute atomic E-state index is 0.251. The van der Waals surface area contributed by atoms with E-state index in [9.17, 15) is 4.79 Å². The lowest BCUT2D eigenvalue weighted by atomic mass is 10.2. The molecule has 0 fully saturated rings. The number of halogens is 1. The van der Waals surface area contributed by atoms with Crippen molar-refractivity contribution in [3.63, 3.8) is 0 Å². The standard InChI is InChI=1S/C24H18BrN3O3/c1-30-21-13-10-19(25)15-18(21)9-14-22(29)26-20-11-7-17(8-12-20)24-28-27-23(31-24)16-5-3-2-4-6-16/h2-15H,1H3,(H,26,29)/b14-9+. The van der Waals surface area contributed by atoms with Crippen molar-refractivity contribution in [2.75, 3.05) is 12.4 Å². The van der Waals surface area contributed by atoms with Crippen LogP contribution < -0.4 is 10.1 Å². The Kier molecular flexibility index (Phi) is 6.24. The van der Waals surface area contributed by atoms with E-state index in [-0.39, 0.29) is 5.91 Å². The van der Waals surface area contributed by atoms with Gasteiger partial charge in [0.05, 0.1) is 7.11 Å². The highest BCUT2D eigenvalue weighted by atomic mass is 79.9. The third-order valence-electron chi connectivity index (χ3n) is 4.45. The minimum Gasteiger partial charge on any atom is -0.496 e. The van der Waals surface area contributed by atoms with Crippen LogP contribution in [-0.4, -0.2) is 23.2 Å². The number of carbonyl (C=O) groups is 1. The van der Waals surface area contributed by atoms with Crippen molar-refractivity contribution < 1.29 is 13.9 Å². The molecule has 4 aromatic rings. The predicted molar refractivity (Wildman–Crippen MR) is 124 cm³/mol. The fourth-order valence-electron chi connectivity index (χ4n) is 2.92. The molecule has 154 valence electrons. The molecule has 7 heteroatoms. The molecular weight excluding hydrogens is 458 g/mol. The zero-order chi connectivity index (χ0) is 21.6. The molecule has 4 rings (SSSR count). The molecule has 0 saturated carbocycles. The van der Waals surface area contributed by atoms with Gasteiger partial charge in [-0.3, -0.25) is 4.79 Å². The Balaban J connectivity index is 1.43. The molecule has 0 saturated heterocycles. The first-order chi connectivity index (χ1) is 15.1. The summed E-state index contributed by atoms with van der Waals surface area (Å²) in [4.78, 5) is 12.3. The van der Waals surface area contributed by atoms with E-state index in [0.717, 1.165) is 21.2 Å². The molecule has 31 heavy (non-hydrogen) atoms. The van der Waals surface area contributed by atoms with Crippen LogP contribution in [0.2, 0.25) is 0 Å². The van der Waals surface area contributed by atoms with Gasteiger partial charge in [0.15, 0.2) is 0 Å². The Morgan fingerprint density at radius 3 is 2.32 bits per heavy atom. The van der Waals surface area contributed by atoms with E-state index < -0.39 is 0 Å². The summed E-state index contributed by atoms with van der Waals surface area (Å²) in [6.07, 6.45) is 3.17. The van der Waals surface area contributed by atoms with Gasteiger partial charge in [-0.05, 0) is 60.7 Å². The molecule has 0 radical (unpaired) electrons. The zero-order valence-corrected chi connectivity index (χ0v) is 18.2. The molecule has 1 aromatic heterocycles. The summed E-state index contributed by atoms with van der Waals surface area (Å²) in [5.74, 6) is 1.31. The lowest BCUT2D eigenvalue weighted by Crippen LogP contribution is -2.07. The number of nitrogens with zero attached hydrogens (tertiary/aromatic N) is 2. The van der Waals surface area contributed by atoms with Gasteiger partial charge in [0.25, 0.3) is 0 Å². The number of amides is 1. The number of benzene rings is 3. The topological polar surface area (TPSA) is 77.2 Å². The Bertz CT molecular complexity index is 1220. The summed E-state index contributed by atoms with van der Waals surface area (Å²) in [6, 6.07) is 22.4. The summed E-state index contributed by atoms with van der Waals surface area (Å²) in [5, 5.41) is 11.0. The van der Waals surface area contributed by atoms with E-state index in [4.69, 9.17) is 9.15 Å². The van der Waals surface area contributed by atoms with Crippen LogP contribution in [0.5, 0.6) is 5.75 Å². The number of carbonyl (C=O) groups excluding carboxylic acids is 1. The highest BCUT2D eigenvalue weighted by Crippen LogP contribution is 2.26. The smallest absolute Gasteiger partial charge is 0.248 e. The summed E-state index contributed by atoms with van der Waals surface area (Å²) in [5.41, 5.74) is 3.08. The summed E-state index contributed by atoms with van der Waals surface area (Å²) >= 11 is 3.42. The van der Waals surface area contributed by atoms with Crippen molar-refractivity contribution >= 4 is 33.6 Å². The quantitative estimate of drug-likeness (QED) is 0.355. The minimum atomic E-state index is -0.251. The molecule has 0 aliphatic heterocycles. The van der Waals surface area contributed by atoms with E-state index in [2.05, 4.69) is 31.4 Å². The van der Waals surface area contributed by atoms with Gasteiger partial charge in [-0.25, -0.2) is 0 Å². The van der Waals surface area contributed by atoms with Crippen LogP contribution in [0.3, 0.4) is 0 Å². The monoisotopic (exact) mass is 475 g/mol. The zero-order valence-electron chi connectivity index (χ0n) is 16.6. The summed E-state index contributed by atoms with van der Waals surface area (Å²) in [7, 11) is 1.59. The predicted octanol–water partition coefficient (Wildman–Crippen LogP) is 5.83. The normalized spacial score (nSPS) is 10.9. The van der Waals surface area contributed by atoms with Crippen molar-refractivity contribution in [3.05, 3.63) is 88.9 Å². The largest absolute Gasteiger partial charge is 0.496 e. The van der Waals surface area contributed by atoms with E-state index in [1.165, 1.54) is 6.08 Å². The number of hydrogen-bond donors (Lipinski definition) is 1. The first kappa shape index (κ1) is 20.6. The second kappa shape index (κ2) is 9.40. The summed E-state index contributed by atoms with van der Waals surface area (Å²) in [6.45, 7) is 0. The van der Waals surface area contributed by atoms with Crippen molar-refractivity contribution in [3.8, 4) is 28.7 Å². The lowest BCUT2D eigenvalue weighted by Gasteiger charge is -2.05. The Labute approximate surface area is 187 Å². The van der Waals surface area contributed by atoms with Crippen LogP contribution in [0, 0.1) is 0 Å². The fraction of sp³-hybridized carbons (Fsp3) is 0.0417. The molecule has 1 heterocycles. The van der Waals surface area contributed by atoms with Crippen LogP contribution in [0.1, 0.15) is 5.56 Å². The number of methoxy groups -OCH3 is 1. The molecule has 3 aromatic carbocycles. The maximum atomic E-state index is 12.3. The number of rotatable bonds is 6. The molecule has 0 aliphatic carbocycles. The van der Waals surface area contributed by atoms with Crippen LogP contribution >= 0.6 is 15.9 Å². The van der Waals surface area contributed by atoms with Crippen molar-refractivity contribution in [2.45, 2.75) is 0 Å². The van der Waals surface area contributed by atoms with Gasteiger partial charge >= 0.3 is 0 Å². The van der Waals surface area contributed by atoms with Gasteiger partial charge in [-0.1, -0.05) is 34.1 Å². The van der Waals surface area contributed by atoms with Gasteiger partial charge in [0.2, 0.25) is 17.7 Å². The van der Waals surface area contributed by atoms with E-state index >= 15 is 0 Å². The van der Waals surface area contributed by atoms with Crippen molar-refractivity contribution in [1.82, 2.24) is 10.2 Å². The number of ether oxygens (including phenoxy) is 1. The van der Waals surface area contributed by atoms with Gasteiger partial charge in [0.1, 0.15) is 5.75 Å². The molecule has 0 atom stereocenters.